The van der Waals surface area contributed by atoms with Crippen LogP contribution < -0.4 is 0 Å². The van der Waals surface area contributed by atoms with E-state index in [0.29, 0.717) is 0 Å². The molecule has 0 aromatic heterocycles. The Morgan fingerprint density at radius 2 is 1.31 bits per heavy atom. The second-order valence-corrected chi connectivity index (χ2v) is 3.51. The van der Waals surface area contributed by atoms with E-state index in [0.717, 1.165) is 4.90 Å². The minimum atomic E-state index is -0.750. The van der Waals surface area contributed by atoms with Gasteiger partial charge in [0.05, 0.1) is 0 Å². The van der Waals surface area contributed by atoms with E-state index in [2.05, 4.69) is 30.8 Å². The summed E-state index contributed by atoms with van der Waals surface area (Å²) < 4.78 is 0. The standard InChI is InChI=1S/C12H10S.BH3O2/c13-12-9-5-4-8-11(12)10-6-2-1-3-7-10;2-1-3/h1-9,13H;1-3H. The van der Waals surface area contributed by atoms with E-state index in [1.807, 2.05) is 36.4 Å². The molecule has 2 aromatic rings. The molecule has 0 atom stereocenters. The first-order valence-corrected chi connectivity index (χ1v) is 5.29. The Morgan fingerprint density at radius 3 is 1.88 bits per heavy atom. The SMILES string of the molecule is OBO.Sc1ccccc1-c1ccccc1. The third kappa shape index (κ3) is 3.74. The molecular weight excluding hydrogens is 219 g/mol. The molecular formula is C12H13BO2S. The molecule has 0 spiro atoms. The average molecular weight is 232 g/mol. The smallest absolute Gasteiger partial charge is 0.430 e. The first-order chi connectivity index (χ1) is 7.79. The normalized spacial score (nSPS) is 8.94. The van der Waals surface area contributed by atoms with Gasteiger partial charge in [-0.05, 0) is 17.2 Å². The Labute approximate surface area is 101 Å². The average Bonchev–Trinajstić information content (AvgIpc) is 2.32. The first-order valence-electron chi connectivity index (χ1n) is 4.84. The zero-order valence-corrected chi connectivity index (χ0v) is 9.64. The molecule has 16 heavy (non-hydrogen) atoms. The van der Waals surface area contributed by atoms with E-state index in [1.54, 1.807) is 0 Å². The van der Waals surface area contributed by atoms with Crippen molar-refractivity contribution in [3.05, 3.63) is 54.6 Å². The monoisotopic (exact) mass is 232 g/mol. The van der Waals surface area contributed by atoms with Crippen molar-refractivity contribution in [1.82, 2.24) is 0 Å². The summed E-state index contributed by atoms with van der Waals surface area (Å²) in [5, 5.41) is 14.2. The molecule has 4 heteroatoms. The molecule has 0 aliphatic rings. The fourth-order valence-electron chi connectivity index (χ4n) is 1.34. The van der Waals surface area contributed by atoms with Gasteiger partial charge in [-0.15, -0.1) is 12.6 Å². The van der Waals surface area contributed by atoms with Gasteiger partial charge in [-0.1, -0.05) is 48.5 Å². The minimum absolute atomic E-state index is 0.750. The van der Waals surface area contributed by atoms with Crippen molar-refractivity contribution in [1.29, 1.82) is 0 Å². The summed E-state index contributed by atoms with van der Waals surface area (Å²) in [6, 6.07) is 18.4. The molecule has 0 unspecified atom stereocenters. The topological polar surface area (TPSA) is 40.5 Å². The fourth-order valence-corrected chi connectivity index (χ4v) is 1.63. The Morgan fingerprint density at radius 1 is 0.812 bits per heavy atom. The highest BCUT2D eigenvalue weighted by atomic mass is 32.1. The molecule has 2 N–H and O–H groups in total. The highest BCUT2D eigenvalue weighted by Gasteiger charge is 1.98. The summed E-state index contributed by atoms with van der Waals surface area (Å²) in [4.78, 5) is 1.02. The molecule has 0 heterocycles. The van der Waals surface area contributed by atoms with Crippen LogP contribution in [0.5, 0.6) is 0 Å². The molecule has 0 aliphatic heterocycles. The van der Waals surface area contributed by atoms with Crippen LogP contribution in [0.1, 0.15) is 0 Å². The quantitative estimate of drug-likeness (QED) is 0.519. The van der Waals surface area contributed by atoms with Gasteiger partial charge in [0.25, 0.3) is 0 Å². The second-order valence-electron chi connectivity index (χ2n) is 3.02. The van der Waals surface area contributed by atoms with Crippen molar-refractivity contribution < 1.29 is 10.0 Å². The van der Waals surface area contributed by atoms with Gasteiger partial charge in [-0.2, -0.15) is 0 Å². The lowest BCUT2D eigenvalue weighted by atomic mass is 10.1. The molecule has 0 saturated carbocycles. The zero-order valence-electron chi connectivity index (χ0n) is 8.74. The predicted molar refractivity (Wildman–Crippen MR) is 70.7 cm³/mol. The molecule has 0 bridgehead atoms. The summed E-state index contributed by atoms with van der Waals surface area (Å²) in [6.45, 7) is 0. The maximum absolute atomic E-state index is 7.12. The van der Waals surface area contributed by atoms with Gasteiger partial charge in [-0.3, -0.25) is 0 Å². The van der Waals surface area contributed by atoms with Crippen LogP contribution >= 0.6 is 12.6 Å². The van der Waals surface area contributed by atoms with E-state index in [9.17, 15) is 0 Å². The van der Waals surface area contributed by atoms with Crippen molar-refractivity contribution in [2.75, 3.05) is 0 Å². The maximum atomic E-state index is 7.12. The van der Waals surface area contributed by atoms with E-state index in [1.165, 1.54) is 11.1 Å². The Hall–Kier alpha value is -1.23. The molecule has 2 rings (SSSR count). The molecule has 2 nitrogen and oxygen atoms in total. The Bertz CT molecular complexity index is 420. The van der Waals surface area contributed by atoms with Crippen LogP contribution in [0.25, 0.3) is 11.1 Å². The molecule has 2 aromatic carbocycles. The molecule has 82 valence electrons. The van der Waals surface area contributed by atoms with Gasteiger partial charge in [0, 0.05) is 4.90 Å². The van der Waals surface area contributed by atoms with Gasteiger partial charge >= 0.3 is 7.69 Å². The zero-order chi connectivity index (χ0) is 11.8. The van der Waals surface area contributed by atoms with Gasteiger partial charge in [-0.25, -0.2) is 0 Å². The van der Waals surface area contributed by atoms with Crippen molar-refractivity contribution in [2.45, 2.75) is 4.90 Å². The van der Waals surface area contributed by atoms with E-state index in [4.69, 9.17) is 10.0 Å². The molecule has 0 fully saturated rings. The van der Waals surface area contributed by atoms with Crippen LogP contribution in [0, 0.1) is 0 Å². The lowest BCUT2D eigenvalue weighted by Gasteiger charge is -2.03. The van der Waals surface area contributed by atoms with Gasteiger partial charge in [0.2, 0.25) is 0 Å². The van der Waals surface area contributed by atoms with Crippen LogP contribution in [-0.2, 0) is 0 Å². The minimum Gasteiger partial charge on any atom is -0.430 e. The lowest BCUT2D eigenvalue weighted by molar-refractivity contribution is 0.448. The van der Waals surface area contributed by atoms with Gasteiger partial charge in [0.15, 0.2) is 0 Å². The molecule has 0 saturated heterocycles. The van der Waals surface area contributed by atoms with E-state index >= 15 is 0 Å². The van der Waals surface area contributed by atoms with Crippen LogP contribution in [0.2, 0.25) is 0 Å². The van der Waals surface area contributed by atoms with Crippen molar-refractivity contribution in [2.24, 2.45) is 0 Å². The number of rotatable bonds is 1. The summed E-state index contributed by atoms with van der Waals surface area (Å²) >= 11 is 4.41. The maximum Gasteiger partial charge on any atom is 0.432 e. The Balaban J connectivity index is 0.000000386. The summed E-state index contributed by atoms with van der Waals surface area (Å²) in [5.41, 5.74) is 2.40. The molecule has 0 aliphatic carbocycles. The summed E-state index contributed by atoms with van der Waals surface area (Å²) in [5.74, 6) is 0. The van der Waals surface area contributed by atoms with Crippen LogP contribution in [-0.4, -0.2) is 17.7 Å². The third-order valence-corrected chi connectivity index (χ3v) is 2.38. The summed E-state index contributed by atoms with van der Waals surface area (Å²) in [7, 11) is -0.750. The third-order valence-electron chi connectivity index (χ3n) is 1.99. The molecule has 0 amide bonds. The lowest BCUT2D eigenvalue weighted by Crippen LogP contribution is -1.77. The first kappa shape index (κ1) is 12.8. The number of thiol groups is 1. The van der Waals surface area contributed by atoms with E-state index < -0.39 is 7.69 Å². The predicted octanol–water partition coefficient (Wildman–Crippen LogP) is 1.88. The molecule has 0 radical (unpaired) electrons. The van der Waals surface area contributed by atoms with Crippen LogP contribution in [0.15, 0.2) is 59.5 Å². The van der Waals surface area contributed by atoms with Crippen molar-refractivity contribution >= 4 is 20.3 Å². The van der Waals surface area contributed by atoms with Crippen molar-refractivity contribution in [3.63, 3.8) is 0 Å². The van der Waals surface area contributed by atoms with Gasteiger partial charge < -0.3 is 10.0 Å². The summed E-state index contributed by atoms with van der Waals surface area (Å²) in [6.07, 6.45) is 0. The number of hydrogen-bond acceptors (Lipinski definition) is 3. The fraction of sp³-hybridized carbons (Fsp3) is 0. The second kappa shape index (κ2) is 7.12. The van der Waals surface area contributed by atoms with E-state index in [-0.39, 0.29) is 0 Å². The van der Waals surface area contributed by atoms with Crippen LogP contribution in [0.4, 0.5) is 0 Å². The van der Waals surface area contributed by atoms with Crippen molar-refractivity contribution in [3.8, 4) is 11.1 Å². The Kier molecular flexibility index (Phi) is 5.71. The van der Waals surface area contributed by atoms with Gasteiger partial charge in [0.1, 0.15) is 0 Å². The highest BCUT2D eigenvalue weighted by Crippen LogP contribution is 2.25. The number of hydrogen-bond donors (Lipinski definition) is 3. The number of benzene rings is 2. The highest BCUT2D eigenvalue weighted by molar-refractivity contribution is 7.80. The van der Waals surface area contributed by atoms with Crippen LogP contribution in [0.3, 0.4) is 0 Å². The largest absolute Gasteiger partial charge is 0.432 e.